The Kier molecular flexibility index (Phi) is 6.91. The van der Waals surface area contributed by atoms with Crippen molar-refractivity contribution in [2.45, 2.75) is 26.4 Å². The van der Waals surface area contributed by atoms with E-state index in [4.69, 9.17) is 9.47 Å². The predicted octanol–water partition coefficient (Wildman–Crippen LogP) is 3.23. The van der Waals surface area contributed by atoms with Crippen LogP contribution in [-0.2, 0) is 14.3 Å². The van der Waals surface area contributed by atoms with E-state index in [1.165, 1.54) is 13.8 Å². The first-order chi connectivity index (χ1) is 12.5. The second kappa shape index (κ2) is 9.36. The molecule has 136 valence electrons. The lowest BCUT2D eigenvalue weighted by Gasteiger charge is -2.14. The second-order valence-corrected chi connectivity index (χ2v) is 5.67. The number of carbonyl (C=O) groups excluding carboxylic acids is 3. The van der Waals surface area contributed by atoms with Crippen LogP contribution in [0.1, 0.15) is 30.6 Å². The summed E-state index contributed by atoms with van der Waals surface area (Å²) in [6, 6.07) is 15.7. The third-order valence-corrected chi connectivity index (χ3v) is 3.53. The summed E-state index contributed by atoms with van der Waals surface area (Å²) in [6.07, 6.45) is -0.924. The number of ketones is 1. The number of carbonyl (C=O) groups is 3. The van der Waals surface area contributed by atoms with E-state index in [-0.39, 0.29) is 18.8 Å². The molecular formula is C20H21NO5. The zero-order valence-corrected chi connectivity index (χ0v) is 14.7. The van der Waals surface area contributed by atoms with Gasteiger partial charge in [-0.15, -0.1) is 0 Å². The summed E-state index contributed by atoms with van der Waals surface area (Å²) >= 11 is 0. The number of ether oxygens (including phenoxy) is 2. The smallest absolute Gasteiger partial charge is 0.310 e. The Balaban J connectivity index is 1.78. The lowest BCUT2D eigenvalue weighted by molar-refractivity contribution is -0.153. The SMILES string of the molecule is CC(=O)c1cccc(NC(=O)[C@@H](C)OC(=O)CCOc2ccccc2)c1. The van der Waals surface area contributed by atoms with Gasteiger partial charge in [-0.1, -0.05) is 30.3 Å². The number of amides is 1. The fourth-order valence-electron chi connectivity index (χ4n) is 2.14. The van der Waals surface area contributed by atoms with Crippen LogP contribution in [-0.4, -0.2) is 30.4 Å². The minimum Gasteiger partial charge on any atom is -0.493 e. The van der Waals surface area contributed by atoms with E-state index in [9.17, 15) is 14.4 Å². The summed E-state index contributed by atoms with van der Waals surface area (Å²) in [4.78, 5) is 35.3. The van der Waals surface area contributed by atoms with Gasteiger partial charge in [-0.2, -0.15) is 0 Å². The van der Waals surface area contributed by atoms with E-state index in [0.29, 0.717) is 17.0 Å². The van der Waals surface area contributed by atoms with Gasteiger partial charge in [-0.05, 0) is 38.1 Å². The molecule has 6 nitrogen and oxygen atoms in total. The Hall–Kier alpha value is -3.15. The summed E-state index contributed by atoms with van der Waals surface area (Å²) < 4.78 is 10.5. The first kappa shape index (κ1) is 19.2. The molecule has 0 fully saturated rings. The molecule has 26 heavy (non-hydrogen) atoms. The van der Waals surface area contributed by atoms with Crippen LogP contribution in [0.15, 0.2) is 54.6 Å². The van der Waals surface area contributed by atoms with Crippen LogP contribution in [0.4, 0.5) is 5.69 Å². The summed E-state index contributed by atoms with van der Waals surface area (Å²) in [5.41, 5.74) is 0.962. The van der Waals surface area contributed by atoms with Crippen molar-refractivity contribution in [2.75, 3.05) is 11.9 Å². The van der Waals surface area contributed by atoms with Crippen molar-refractivity contribution in [3.8, 4) is 5.75 Å². The maximum absolute atomic E-state index is 12.1. The predicted molar refractivity (Wildman–Crippen MR) is 97.2 cm³/mol. The molecule has 6 heteroatoms. The van der Waals surface area contributed by atoms with Crippen LogP contribution < -0.4 is 10.1 Å². The van der Waals surface area contributed by atoms with Crippen molar-refractivity contribution in [1.82, 2.24) is 0 Å². The maximum Gasteiger partial charge on any atom is 0.310 e. The minimum atomic E-state index is -0.958. The lowest BCUT2D eigenvalue weighted by Crippen LogP contribution is -2.30. The van der Waals surface area contributed by atoms with Crippen molar-refractivity contribution >= 4 is 23.3 Å². The van der Waals surface area contributed by atoms with Gasteiger partial charge in [-0.25, -0.2) is 0 Å². The van der Waals surface area contributed by atoms with Gasteiger partial charge in [-0.3, -0.25) is 14.4 Å². The van der Waals surface area contributed by atoms with Crippen LogP contribution in [0, 0.1) is 0 Å². The third kappa shape index (κ3) is 6.05. The number of anilines is 1. The lowest BCUT2D eigenvalue weighted by atomic mass is 10.1. The highest BCUT2D eigenvalue weighted by atomic mass is 16.5. The van der Waals surface area contributed by atoms with Gasteiger partial charge in [0.25, 0.3) is 5.91 Å². The molecule has 2 aromatic carbocycles. The molecule has 0 aliphatic carbocycles. The zero-order valence-electron chi connectivity index (χ0n) is 14.7. The number of para-hydroxylation sites is 1. The van der Waals surface area contributed by atoms with E-state index in [1.807, 2.05) is 18.2 Å². The van der Waals surface area contributed by atoms with Crippen LogP contribution in [0.3, 0.4) is 0 Å². The number of hydrogen-bond donors (Lipinski definition) is 1. The van der Waals surface area contributed by atoms with E-state index in [2.05, 4.69) is 5.32 Å². The number of benzene rings is 2. The highest BCUT2D eigenvalue weighted by Crippen LogP contribution is 2.12. The van der Waals surface area contributed by atoms with Gasteiger partial charge in [0.1, 0.15) is 5.75 Å². The minimum absolute atomic E-state index is 0.0341. The Labute approximate surface area is 152 Å². The Morgan fingerprint density at radius 1 is 1.04 bits per heavy atom. The van der Waals surface area contributed by atoms with Gasteiger partial charge in [0.2, 0.25) is 0 Å². The number of nitrogens with one attached hydrogen (secondary N) is 1. The molecule has 2 rings (SSSR count). The van der Waals surface area contributed by atoms with Gasteiger partial charge < -0.3 is 14.8 Å². The maximum atomic E-state index is 12.1. The molecule has 0 radical (unpaired) electrons. The van der Waals surface area contributed by atoms with Crippen molar-refractivity contribution in [2.24, 2.45) is 0 Å². The molecule has 0 bridgehead atoms. The molecule has 0 unspecified atom stereocenters. The molecule has 1 N–H and O–H groups in total. The van der Waals surface area contributed by atoms with Gasteiger partial charge in [0.15, 0.2) is 11.9 Å². The number of esters is 1. The Morgan fingerprint density at radius 3 is 2.46 bits per heavy atom. The molecule has 0 saturated carbocycles. The van der Waals surface area contributed by atoms with Crippen molar-refractivity contribution in [1.29, 1.82) is 0 Å². The average Bonchev–Trinajstić information content (AvgIpc) is 2.62. The average molecular weight is 355 g/mol. The fourth-order valence-corrected chi connectivity index (χ4v) is 2.14. The molecule has 0 saturated heterocycles. The Bertz CT molecular complexity index is 773. The molecule has 0 aliphatic heterocycles. The van der Waals surface area contributed by atoms with Crippen molar-refractivity contribution < 1.29 is 23.9 Å². The Morgan fingerprint density at radius 2 is 1.77 bits per heavy atom. The summed E-state index contributed by atoms with van der Waals surface area (Å²) in [6.45, 7) is 3.10. The van der Waals surface area contributed by atoms with Crippen LogP contribution in [0.2, 0.25) is 0 Å². The third-order valence-electron chi connectivity index (χ3n) is 3.53. The van der Waals surface area contributed by atoms with Crippen LogP contribution >= 0.6 is 0 Å². The molecule has 0 spiro atoms. The quantitative estimate of drug-likeness (QED) is 0.581. The first-order valence-electron chi connectivity index (χ1n) is 8.25. The molecule has 2 aromatic rings. The highest BCUT2D eigenvalue weighted by Gasteiger charge is 2.18. The largest absolute Gasteiger partial charge is 0.493 e. The number of rotatable bonds is 8. The van der Waals surface area contributed by atoms with Gasteiger partial charge >= 0.3 is 5.97 Å². The van der Waals surface area contributed by atoms with Crippen molar-refractivity contribution in [3.05, 3.63) is 60.2 Å². The first-order valence-corrected chi connectivity index (χ1v) is 8.25. The van der Waals surface area contributed by atoms with Gasteiger partial charge in [0.05, 0.1) is 13.0 Å². The summed E-state index contributed by atoms with van der Waals surface area (Å²) in [7, 11) is 0. The molecular weight excluding hydrogens is 334 g/mol. The van der Waals surface area contributed by atoms with E-state index in [1.54, 1.807) is 36.4 Å². The number of hydrogen-bond acceptors (Lipinski definition) is 5. The van der Waals surface area contributed by atoms with Crippen LogP contribution in [0.25, 0.3) is 0 Å². The fraction of sp³-hybridized carbons (Fsp3) is 0.250. The molecule has 0 heterocycles. The van der Waals surface area contributed by atoms with E-state index >= 15 is 0 Å². The monoisotopic (exact) mass is 355 g/mol. The van der Waals surface area contributed by atoms with Crippen LogP contribution in [0.5, 0.6) is 5.75 Å². The second-order valence-electron chi connectivity index (χ2n) is 5.67. The van der Waals surface area contributed by atoms with E-state index in [0.717, 1.165) is 0 Å². The standard InChI is InChI=1S/C20H21NO5/c1-14(22)16-7-6-8-17(13-16)21-20(24)15(2)26-19(23)11-12-25-18-9-4-3-5-10-18/h3-10,13,15H,11-12H2,1-2H3,(H,21,24)/t15-/m1/s1. The molecule has 0 aliphatic rings. The van der Waals surface area contributed by atoms with Gasteiger partial charge in [0, 0.05) is 11.3 Å². The molecule has 1 amide bonds. The summed E-state index contributed by atoms with van der Waals surface area (Å²) in [5.74, 6) is -0.431. The summed E-state index contributed by atoms with van der Waals surface area (Å²) in [5, 5.41) is 2.62. The van der Waals surface area contributed by atoms with E-state index < -0.39 is 18.0 Å². The molecule has 1 atom stereocenters. The topological polar surface area (TPSA) is 81.7 Å². The zero-order chi connectivity index (χ0) is 18.9. The normalized spacial score (nSPS) is 11.3. The molecule has 0 aromatic heterocycles. The highest BCUT2D eigenvalue weighted by molar-refractivity contribution is 5.98. The van der Waals surface area contributed by atoms with Crippen molar-refractivity contribution in [3.63, 3.8) is 0 Å². The number of Topliss-reactive ketones (excluding diaryl/α,β-unsaturated/α-hetero) is 1.